The molecule has 2 atom stereocenters. The Balaban J connectivity index is 1.64. The molecule has 2 heterocycles. The molecule has 1 saturated carbocycles. The number of benzene rings is 2. The number of aliphatic carboxylic acids is 1. The van der Waals surface area contributed by atoms with E-state index in [0.29, 0.717) is 12.1 Å². The van der Waals surface area contributed by atoms with Crippen LogP contribution in [-0.4, -0.2) is 43.2 Å². The second kappa shape index (κ2) is 13.2. The van der Waals surface area contributed by atoms with Crippen molar-refractivity contribution in [3.8, 4) is 0 Å². The van der Waals surface area contributed by atoms with E-state index < -0.39 is 83.1 Å². The lowest BCUT2D eigenvalue weighted by atomic mass is 9.80. The van der Waals surface area contributed by atoms with Crippen molar-refractivity contribution < 1.29 is 54.2 Å². The van der Waals surface area contributed by atoms with Gasteiger partial charge < -0.3 is 14.9 Å². The first-order chi connectivity index (χ1) is 22.8. The molecule has 9 nitrogen and oxygen atoms in total. The zero-order valence-electron chi connectivity index (χ0n) is 26.1. The van der Waals surface area contributed by atoms with Crippen molar-refractivity contribution in [1.82, 2.24) is 20.2 Å². The van der Waals surface area contributed by atoms with Gasteiger partial charge in [-0.3, -0.25) is 9.59 Å². The number of halogens is 9. The van der Waals surface area contributed by atoms with E-state index in [0.717, 1.165) is 23.0 Å². The second-order valence-electron chi connectivity index (χ2n) is 12.3. The van der Waals surface area contributed by atoms with E-state index in [4.69, 9.17) is 0 Å². The van der Waals surface area contributed by atoms with Crippen molar-refractivity contribution in [3.63, 3.8) is 0 Å². The molecule has 18 heteroatoms. The maximum Gasteiger partial charge on any atom is 0.416 e. The monoisotopic (exact) mass is 706 g/mol. The third-order valence-corrected chi connectivity index (χ3v) is 9.10. The van der Waals surface area contributed by atoms with Gasteiger partial charge in [-0.05, 0) is 91.3 Å². The Morgan fingerprint density at radius 3 is 1.92 bits per heavy atom. The van der Waals surface area contributed by atoms with Gasteiger partial charge in [-0.25, -0.2) is 0 Å². The summed E-state index contributed by atoms with van der Waals surface area (Å²) in [6.45, 7) is 1.04. The van der Waals surface area contributed by atoms with Crippen LogP contribution in [-0.2, 0) is 41.7 Å². The van der Waals surface area contributed by atoms with E-state index >= 15 is 0 Å². The van der Waals surface area contributed by atoms with Crippen molar-refractivity contribution in [2.24, 2.45) is 18.9 Å². The number of tetrazole rings is 1. The van der Waals surface area contributed by atoms with Gasteiger partial charge in [0.05, 0.1) is 35.7 Å². The molecule has 49 heavy (non-hydrogen) atoms. The van der Waals surface area contributed by atoms with E-state index in [-0.39, 0.29) is 61.8 Å². The quantitative estimate of drug-likeness (QED) is 0.255. The minimum atomic E-state index is -5.15. The van der Waals surface area contributed by atoms with Gasteiger partial charge >= 0.3 is 24.5 Å². The van der Waals surface area contributed by atoms with E-state index in [1.54, 1.807) is 6.92 Å². The van der Waals surface area contributed by atoms with Gasteiger partial charge in [-0.1, -0.05) is 12.0 Å². The summed E-state index contributed by atoms with van der Waals surface area (Å²) in [6, 6.07) is 1.91. The highest BCUT2D eigenvalue weighted by Crippen LogP contribution is 2.47. The number of carbonyl (C=O) groups is 2. The zero-order chi connectivity index (χ0) is 36.1. The van der Waals surface area contributed by atoms with Crippen molar-refractivity contribution in [1.29, 1.82) is 0 Å². The molecule has 3 aromatic rings. The summed E-state index contributed by atoms with van der Waals surface area (Å²) < 4.78 is 125. The van der Waals surface area contributed by atoms with E-state index in [9.17, 15) is 54.2 Å². The number of aromatic nitrogens is 4. The van der Waals surface area contributed by atoms with Gasteiger partial charge in [-0.15, -0.1) is 5.10 Å². The molecule has 266 valence electrons. The first-order valence-corrected chi connectivity index (χ1v) is 15.3. The van der Waals surface area contributed by atoms with Crippen LogP contribution in [0, 0.1) is 11.8 Å². The van der Waals surface area contributed by atoms with Crippen LogP contribution >= 0.6 is 0 Å². The summed E-state index contributed by atoms with van der Waals surface area (Å²) in [7, 11) is 1.35. The van der Waals surface area contributed by atoms with Crippen LogP contribution in [0.2, 0.25) is 0 Å². The maximum absolute atomic E-state index is 14.1. The van der Waals surface area contributed by atoms with Crippen LogP contribution in [0.3, 0.4) is 0 Å². The van der Waals surface area contributed by atoms with Crippen LogP contribution in [0.4, 0.5) is 51.1 Å². The van der Waals surface area contributed by atoms with E-state index in [1.165, 1.54) is 16.8 Å². The zero-order valence-corrected chi connectivity index (χ0v) is 26.1. The minimum absolute atomic E-state index is 0.0273. The van der Waals surface area contributed by atoms with Gasteiger partial charge in [0, 0.05) is 24.2 Å². The number of hydrogen-bond donors (Lipinski definition) is 1. The fourth-order valence-electron chi connectivity index (χ4n) is 6.65. The van der Waals surface area contributed by atoms with Crippen LogP contribution in [0.1, 0.15) is 79.3 Å². The number of fused-ring (bicyclic) bond motifs is 1. The molecule has 0 spiro atoms. The highest BCUT2D eigenvalue weighted by Gasteiger charge is 2.44. The molecule has 0 unspecified atom stereocenters. The lowest BCUT2D eigenvalue weighted by Gasteiger charge is -2.45. The lowest BCUT2D eigenvalue weighted by Crippen LogP contribution is -2.50. The van der Waals surface area contributed by atoms with Gasteiger partial charge in [0.25, 0.3) is 5.95 Å². The average Bonchev–Trinajstić information content (AvgIpc) is 3.46. The van der Waals surface area contributed by atoms with E-state index in [1.807, 2.05) is 0 Å². The number of carbonyl (C=O) groups excluding carboxylic acids is 1. The second-order valence-corrected chi connectivity index (χ2v) is 12.3. The third-order valence-electron chi connectivity index (χ3n) is 9.10. The normalized spacial score (nSPS) is 21.7. The summed E-state index contributed by atoms with van der Waals surface area (Å²) in [5, 5.41) is 21.1. The van der Waals surface area contributed by atoms with Gasteiger partial charge in [0.2, 0.25) is 5.91 Å². The predicted molar refractivity (Wildman–Crippen MR) is 155 cm³/mol. The molecular weight excluding hydrogens is 675 g/mol. The molecule has 2 aliphatic rings. The Morgan fingerprint density at radius 1 is 0.857 bits per heavy atom. The number of anilines is 2. The highest BCUT2D eigenvalue weighted by atomic mass is 19.4. The molecular formula is C31H31F9N6O3. The van der Waals surface area contributed by atoms with E-state index in [2.05, 4.69) is 15.4 Å². The number of amides is 1. The number of aryl methyl sites for hydroxylation is 1. The number of carboxylic acids is 1. The fourth-order valence-corrected chi connectivity index (χ4v) is 6.65. The highest BCUT2D eigenvalue weighted by molar-refractivity contribution is 5.97. The molecule has 1 aliphatic heterocycles. The lowest BCUT2D eigenvalue weighted by molar-refractivity contribution is -0.144. The van der Waals surface area contributed by atoms with Crippen LogP contribution < -0.4 is 9.80 Å². The summed E-state index contributed by atoms with van der Waals surface area (Å²) >= 11 is 0. The summed E-state index contributed by atoms with van der Waals surface area (Å²) in [4.78, 5) is 29.1. The summed E-state index contributed by atoms with van der Waals surface area (Å²) in [5.74, 6) is -2.90. The van der Waals surface area contributed by atoms with Gasteiger partial charge in [0.1, 0.15) is 0 Å². The molecule has 1 aromatic heterocycles. The molecule has 5 rings (SSSR count). The fraction of sp³-hybridized carbons (Fsp3) is 0.516. The molecule has 1 fully saturated rings. The standard InChI is InChI=1S/C31H31F9N6O3/c1-3-22-14-25(45(28-41-43-44(2)42-28)15-16-10-20(30(35,36)37)12-21(11-16)31(38,39)40)23-13-19(29(32,33)34)8-9-24(23)46(22)26(47)17-4-6-18(7-5-17)27(48)49/h8-13,17-18,22,25H,3-7,14-15H2,1-2H3,(H,48,49)/t17?,18?,22-,25-/m1/s1. The average molecular weight is 707 g/mol. The van der Waals surface area contributed by atoms with Crippen molar-refractivity contribution in [2.75, 3.05) is 9.80 Å². The van der Waals surface area contributed by atoms with Crippen LogP contribution in [0.15, 0.2) is 36.4 Å². The van der Waals surface area contributed by atoms with Crippen LogP contribution in [0.5, 0.6) is 0 Å². The predicted octanol–water partition coefficient (Wildman–Crippen LogP) is 7.42. The number of carboxylic acid groups (broad SMARTS) is 1. The molecule has 1 aliphatic carbocycles. The summed E-state index contributed by atoms with van der Waals surface area (Å²) in [6.07, 6.45) is -14.0. The molecule has 1 N–H and O–H groups in total. The van der Waals surface area contributed by atoms with Crippen molar-refractivity contribution in [2.45, 2.75) is 82.6 Å². The van der Waals surface area contributed by atoms with Crippen molar-refractivity contribution >= 4 is 23.5 Å². The molecule has 2 aromatic carbocycles. The van der Waals surface area contributed by atoms with Crippen LogP contribution in [0.25, 0.3) is 0 Å². The Labute approximate surface area is 273 Å². The number of rotatable bonds is 7. The topological polar surface area (TPSA) is 104 Å². The first-order valence-electron chi connectivity index (χ1n) is 15.3. The SMILES string of the molecule is CC[C@@H]1C[C@@H](N(Cc2cc(C(F)(F)F)cc(C(F)(F)F)c2)c2nnn(C)n2)c2cc(C(F)(F)F)ccc2N1C(=O)C1CCC(C(=O)O)CC1. The number of alkyl halides is 9. The Hall–Kier alpha value is -4.38. The Bertz CT molecular complexity index is 1660. The van der Waals surface area contributed by atoms with Crippen molar-refractivity contribution in [3.05, 3.63) is 64.2 Å². The molecule has 0 saturated heterocycles. The summed E-state index contributed by atoms with van der Waals surface area (Å²) in [5.41, 5.74) is -4.70. The molecule has 0 bridgehead atoms. The Kier molecular flexibility index (Phi) is 9.64. The smallest absolute Gasteiger partial charge is 0.416 e. The molecule has 0 radical (unpaired) electrons. The Morgan fingerprint density at radius 2 is 1.43 bits per heavy atom. The number of nitrogens with zero attached hydrogens (tertiary/aromatic N) is 6. The molecule has 1 amide bonds. The minimum Gasteiger partial charge on any atom is -0.481 e. The largest absolute Gasteiger partial charge is 0.481 e. The van der Waals surface area contributed by atoms with Gasteiger partial charge in [-0.2, -0.15) is 44.3 Å². The number of hydrogen-bond acceptors (Lipinski definition) is 6. The van der Waals surface area contributed by atoms with Gasteiger partial charge in [0.15, 0.2) is 0 Å². The maximum atomic E-state index is 14.1. The third kappa shape index (κ3) is 7.61. The first kappa shape index (κ1) is 35.9.